The SMILES string of the molecule is CC(C)(C)[Si](C)(C)O[C@H]1CC[C@@]2(C)C(=CC[C@H]3[C@@H]4CC[C@]5(CCC(=O)C5)[C@@]4(C)[C@H](O)C[C@@H]32)C1. The van der Waals surface area contributed by atoms with Crippen molar-refractivity contribution >= 4 is 14.1 Å². The molecular weight excluding hydrogens is 424 g/mol. The maximum Gasteiger partial charge on any atom is 0.192 e. The van der Waals surface area contributed by atoms with Crippen molar-refractivity contribution in [2.75, 3.05) is 0 Å². The van der Waals surface area contributed by atoms with Gasteiger partial charge < -0.3 is 9.53 Å². The van der Waals surface area contributed by atoms with Crippen LogP contribution < -0.4 is 0 Å². The Morgan fingerprint density at radius 3 is 2.45 bits per heavy atom. The standard InChI is InChI=1S/C29H48O3Si/c1-26(2,3)33(6,7)32-21-11-13-27(4)19(16-21)8-9-22-23-12-15-29(14-10-20(30)18-29)28(23,5)25(31)17-24(22)27/h8,21-25,31H,9-18H2,1-7H3/t21-,22-,23-,24-,25+,27-,28+,29-/m0/s1. The summed E-state index contributed by atoms with van der Waals surface area (Å²) < 4.78 is 6.87. The van der Waals surface area contributed by atoms with Crippen molar-refractivity contribution in [1.29, 1.82) is 0 Å². The van der Waals surface area contributed by atoms with Crippen molar-refractivity contribution in [2.24, 2.45) is 34.0 Å². The second-order valence-corrected chi connectivity index (χ2v) is 19.3. The van der Waals surface area contributed by atoms with Gasteiger partial charge in [0.2, 0.25) is 0 Å². The van der Waals surface area contributed by atoms with E-state index in [-0.39, 0.29) is 27.4 Å². The number of aliphatic hydroxyl groups excluding tert-OH is 1. The Morgan fingerprint density at radius 2 is 1.82 bits per heavy atom. The number of hydrogen-bond donors (Lipinski definition) is 1. The number of allylic oxidation sites excluding steroid dienone is 1. The first kappa shape index (κ1) is 24.3. The second kappa shape index (κ2) is 7.52. The first-order chi connectivity index (χ1) is 15.2. The topological polar surface area (TPSA) is 46.5 Å². The Bertz CT molecular complexity index is 855. The molecule has 0 aromatic heterocycles. The van der Waals surface area contributed by atoms with Crippen LogP contribution in [0.25, 0.3) is 0 Å². The van der Waals surface area contributed by atoms with Crippen LogP contribution in [0.2, 0.25) is 18.1 Å². The van der Waals surface area contributed by atoms with Gasteiger partial charge in [-0.3, -0.25) is 4.79 Å². The van der Waals surface area contributed by atoms with Gasteiger partial charge in [-0.25, -0.2) is 0 Å². The van der Waals surface area contributed by atoms with Crippen LogP contribution in [0, 0.1) is 34.0 Å². The number of Topliss-reactive ketones (excluding diaryl/α,β-unsaturated/α-hetero) is 1. The maximum absolute atomic E-state index is 12.3. The lowest BCUT2D eigenvalue weighted by Crippen LogP contribution is -2.58. The lowest BCUT2D eigenvalue weighted by Gasteiger charge is -2.61. The summed E-state index contributed by atoms with van der Waals surface area (Å²) in [6, 6.07) is 0. The fourth-order valence-electron chi connectivity index (χ4n) is 9.18. The van der Waals surface area contributed by atoms with Gasteiger partial charge >= 0.3 is 0 Å². The molecule has 1 N–H and O–H groups in total. The molecule has 0 saturated heterocycles. The molecule has 1 spiro atoms. The monoisotopic (exact) mass is 472 g/mol. The lowest BCUT2D eigenvalue weighted by atomic mass is 9.44. The van der Waals surface area contributed by atoms with Crippen LogP contribution in [0.4, 0.5) is 0 Å². The first-order valence-electron chi connectivity index (χ1n) is 13.8. The molecule has 5 rings (SSSR count). The summed E-state index contributed by atoms with van der Waals surface area (Å²) in [7, 11) is -1.77. The molecule has 0 bridgehead atoms. The minimum absolute atomic E-state index is 0.0682. The molecule has 3 nitrogen and oxygen atoms in total. The Labute approximate surface area is 203 Å². The van der Waals surface area contributed by atoms with Crippen molar-refractivity contribution in [3.05, 3.63) is 11.6 Å². The molecule has 5 aliphatic carbocycles. The van der Waals surface area contributed by atoms with E-state index in [4.69, 9.17) is 4.43 Å². The Kier molecular flexibility index (Phi) is 5.53. The molecule has 0 aromatic carbocycles. The highest BCUT2D eigenvalue weighted by Gasteiger charge is 2.68. The van der Waals surface area contributed by atoms with E-state index in [0.29, 0.717) is 29.6 Å². The van der Waals surface area contributed by atoms with Gasteiger partial charge in [-0.15, -0.1) is 0 Å². The van der Waals surface area contributed by atoms with E-state index in [9.17, 15) is 9.90 Å². The predicted octanol–water partition coefficient (Wildman–Crippen LogP) is 7.05. The number of aliphatic hydroxyl groups is 1. The van der Waals surface area contributed by atoms with E-state index >= 15 is 0 Å². The van der Waals surface area contributed by atoms with Crippen LogP contribution in [-0.4, -0.2) is 31.4 Å². The zero-order valence-corrected chi connectivity index (χ0v) is 23.3. The largest absolute Gasteiger partial charge is 0.414 e. The highest BCUT2D eigenvalue weighted by atomic mass is 28.4. The summed E-state index contributed by atoms with van der Waals surface area (Å²) in [4.78, 5) is 12.3. The van der Waals surface area contributed by atoms with Gasteiger partial charge in [0, 0.05) is 24.4 Å². The predicted molar refractivity (Wildman–Crippen MR) is 136 cm³/mol. The molecule has 4 fully saturated rings. The highest BCUT2D eigenvalue weighted by Crippen LogP contribution is 2.72. The Morgan fingerprint density at radius 1 is 1.09 bits per heavy atom. The van der Waals surface area contributed by atoms with Gasteiger partial charge in [-0.1, -0.05) is 46.3 Å². The molecular formula is C29H48O3Si. The van der Waals surface area contributed by atoms with Crippen LogP contribution in [-0.2, 0) is 9.22 Å². The molecule has 0 aliphatic heterocycles. The van der Waals surface area contributed by atoms with E-state index in [0.717, 1.165) is 44.9 Å². The fourth-order valence-corrected chi connectivity index (χ4v) is 10.6. The van der Waals surface area contributed by atoms with E-state index in [1.165, 1.54) is 19.3 Å². The van der Waals surface area contributed by atoms with Crippen molar-refractivity contribution in [1.82, 2.24) is 0 Å². The van der Waals surface area contributed by atoms with Crippen LogP contribution in [0.5, 0.6) is 0 Å². The lowest BCUT2D eigenvalue weighted by molar-refractivity contribution is -0.155. The highest BCUT2D eigenvalue weighted by molar-refractivity contribution is 6.74. The van der Waals surface area contributed by atoms with Crippen LogP contribution in [0.3, 0.4) is 0 Å². The summed E-state index contributed by atoms with van der Waals surface area (Å²) in [6.07, 6.45) is 13.0. The summed E-state index contributed by atoms with van der Waals surface area (Å²) >= 11 is 0. The van der Waals surface area contributed by atoms with Gasteiger partial charge in [0.05, 0.1) is 6.10 Å². The molecule has 186 valence electrons. The van der Waals surface area contributed by atoms with E-state index in [1.54, 1.807) is 5.57 Å². The van der Waals surface area contributed by atoms with Gasteiger partial charge in [0.25, 0.3) is 0 Å². The van der Waals surface area contributed by atoms with Gasteiger partial charge in [-0.2, -0.15) is 0 Å². The van der Waals surface area contributed by atoms with Crippen molar-refractivity contribution in [3.8, 4) is 0 Å². The number of carbonyl (C=O) groups excluding carboxylic acids is 1. The van der Waals surface area contributed by atoms with Gasteiger partial charge in [0.15, 0.2) is 8.32 Å². The average molecular weight is 473 g/mol. The van der Waals surface area contributed by atoms with Crippen molar-refractivity contribution < 1.29 is 14.3 Å². The number of hydrogen-bond acceptors (Lipinski definition) is 3. The Hall–Kier alpha value is -0.453. The molecule has 0 heterocycles. The molecule has 33 heavy (non-hydrogen) atoms. The normalized spacial score (nSPS) is 47.8. The van der Waals surface area contributed by atoms with Crippen LogP contribution in [0.15, 0.2) is 11.6 Å². The van der Waals surface area contributed by atoms with E-state index in [2.05, 4.69) is 53.8 Å². The van der Waals surface area contributed by atoms with Gasteiger partial charge in [0.1, 0.15) is 5.78 Å². The molecule has 0 radical (unpaired) electrons. The number of fused-ring (bicyclic) bond motifs is 6. The first-order valence-corrected chi connectivity index (χ1v) is 16.7. The van der Waals surface area contributed by atoms with Crippen LogP contribution >= 0.6 is 0 Å². The molecule has 0 amide bonds. The smallest absolute Gasteiger partial charge is 0.192 e. The molecule has 4 saturated carbocycles. The summed E-state index contributed by atoms with van der Waals surface area (Å²) in [5.74, 6) is 2.24. The molecule has 5 aliphatic rings. The van der Waals surface area contributed by atoms with E-state index < -0.39 is 8.32 Å². The summed E-state index contributed by atoms with van der Waals surface area (Å²) in [5.41, 5.74) is 1.82. The van der Waals surface area contributed by atoms with Crippen LogP contribution in [0.1, 0.15) is 98.8 Å². The number of carbonyl (C=O) groups is 1. The maximum atomic E-state index is 12.3. The second-order valence-electron chi connectivity index (χ2n) is 14.6. The molecule has 8 atom stereocenters. The van der Waals surface area contributed by atoms with E-state index in [1.807, 2.05) is 0 Å². The molecule has 0 unspecified atom stereocenters. The number of ketones is 1. The zero-order chi connectivity index (χ0) is 24.0. The van der Waals surface area contributed by atoms with Crippen molar-refractivity contribution in [3.63, 3.8) is 0 Å². The minimum Gasteiger partial charge on any atom is -0.414 e. The third-order valence-electron chi connectivity index (χ3n) is 12.4. The van der Waals surface area contributed by atoms with Crippen molar-refractivity contribution in [2.45, 2.75) is 129 Å². The molecule has 0 aromatic rings. The zero-order valence-electron chi connectivity index (χ0n) is 22.3. The third kappa shape index (κ3) is 3.36. The average Bonchev–Trinajstić information content (AvgIpc) is 3.23. The molecule has 4 heteroatoms. The Balaban J connectivity index is 1.39. The summed E-state index contributed by atoms with van der Waals surface area (Å²) in [5, 5.41) is 12.0. The van der Waals surface area contributed by atoms with Gasteiger partial charge in [-0.05, 0) is 98.1 Å². The third-order valence-corrected chi connectivity index (χ3v) is 16.9. The quantitative estimate of drug-likeness (QED) is 0.346. The summed E-state index contributed by atoms with van der Waals surface area (Å²) in [6.45, 7) is 16.7. The fraction of sp³-hybridized carbons (Fsp3) is 0.897. The number of rotatable bonds is 2. The minimum atomic E-state index is -1.77.